The van der Waals surface area contributed by atoms with Gasteiger partial charge in [0.15, 0.2) is 5.09 Å². The number of hydrogen-bond acceptors (Lipinski definition) is 3. The summed E-state index contributed by atoms with van der Waals surface area (Å²) >= 11 is 1.42. The van der Waals surface area contributed by atoms with Crippen LogP contribution in [0, 0.1) is 6.54 Å². The first kappa shape index (κ1) is 5.00. The van der Waals surface area contributed by atoms with Gasteiger partial charge in [0.25, 0.3) is 0 Å². The summed E-state index contributed by atoms with van der Waals surface area (Å²) < 4.78 is 7.58. The second kappa shape index (κ2) is 2.23. The zero-order chi connectivity index (χ0) is 5.11. The third kappa shape index (κ3) is 1.11. The van der Waals surface area contributed by atoms with E-state index in [1.54, 1.807) is 13.2 Å². The third-order valence-corrected chi connectivity index (χ3v) is 1.31. The van der Waals surface area contributed by atoms with Gasteiger partial charge < -0.3 is 4.74 Å². The van der Waals surface area contributed by atoms with E-state index in [4.69, 9.17) is 4.74 Å². The summed E-state index contributed by atoms with van der Waals surface area (Å²) in [5, 5.41) is 0.861. The lowest BCUT2D eigenvalue weighted by Gasteiger charge is -1.93. The fraction of sp³-hybridized carbons (Fsp3) is 0.250. The molecule has 0 aliphatic carbocycles. The van der Waals surface area contributed by atoms with Crippen LogP contribution in [0.2, 0.25) is 0 Å². The van der Waals surface area contributed by atoms with Crippen LogP contribution in [0.3, 0.4) is 0 Å². The lowest BCUT2D eigenvalue weighted by molar-refractivity contribution is 0.325. The number of hydrogen-bond donors (Lipinski definition) is 1. The van der Waals surface area contributed by atoms with E-state index in [-0.39, 0.29) is 0 Å². The molecule has 3 heteroatoms. The fourth-order valence-corrected chi connectivity index (χ4v) is 0.718. The normalized spacial score (nSPS) is 19.3. The van der Waals surface area contributed by atoms with Gasteiger partial charge in [0.05, 0.1) is 7.11 Å². The Balaban J connectivity index is 2.36. The summed E-state index contributed by atoms with van der Waals surface area (Å²) in [6.07, 6.45) is 1.75. The molecule has 1 aliphatic rings. The molecule has 7 heavy (non-hydrogen) atoms. The fourth-order valence-electron chi connectivity index (χ4n) is 0.298. The molecule has 1 N–H and O–H groups in total. The molecular formula is C4H5NOS. The number of methoxy groups -OCH3 is 1. The van der Waals surface area contributed by atoms with Crippen LogP contribution in [0.25, 0.3) is 0 Å². The van der Waals surface area contributed by atoms with Crippen molar-refractivity contribution in [3.8, 4) is 0 Å². The molecule has 0 amide bonds. The van der Waals surface area contributed by atoms with Crippen molar-refractivity contribution in [1.29, 1.82) is 0 Å². The van der Waals surface area contributed by atoms with Gasteiger partial charge in [-0.05, 0) is 18.0 Å². The maximum atomic E-state index is 4.81. The van der Waals surface area contributed by atoms with Crippen LogP contribution in [0.15, 0.2) is 11.2 Å². The number of rotatable bonds is 1. The average Bonchev–Trinajstić information content (AvgIpc) is 2.14. The maximum Gasteiger partial charge on any atom is 0.165 e. The van der Waals surface area contributed by atoms with Gasteiger partial charge in [0, 0.05) is 0 Å². The van der Waals surface area contributed by atoms with Crippen LogP contribution >= 0.6 is 11.9 Å². The highest BCUT2D eigenvalue weighted by molar-refractivity contribution is 8.01. The highest BCUT2D eigenvalue weighted by atomic mass is 32.2. The van der Waals surface area contributed by atoms with Crippen LogP contribution in [0.1, 0.15) is 0 Å². The van der Waals surface area contributed by atoms with Gasteiger partial charge in [-0.25, -0.2) is 4.72 Å². The zero-order valence-electron chi connectivity index (χ0n) is 3.89. The minimum atomic E-state index is 0.861. The molecule has 0 aromatic carbocycles. The molecule has 0 unspecified atom stereocenters. The standard InChI is InChI=1S/C4H5NOS/c1-6-4-2-3-5-7-4/h2,5H,1H3. The van der Waals surface area contributed by atoms with E-state index in [1.165, 1.54) is 11.9 Å². The first-order valence-electron chi connectivity index (χ1n) is 1.85. The van der Waals surface area contributed by atoms with Gasteiger partial charge in [-0.1, -0.05) is 0 Å². The third-order valence-electron chi connectivity index (χ3n) is 0.602. The molecular weight excluding hydrogens is 110 g/mol. The molecule has 0 saturated heterocycles. The Hall–Kier alpha value is -0.150. The molecule has 0 aromatic rings. The highest BCUT2D eigenvalue weighted by Crippen LogP contribution is 2.17. The molecule has 0 atom stereocenters. The molecule has 1 aliphatic heterocycles. The van der Waals surface area contributed by atoms with Crippen molar-refractivity contribution in [2.24, 2.45) is 0 Å². The maximum absolute atomic E-state index is 4.81. The van der Waals surface area contributed by atoms with Gasteiger partial charge in [0.2, 0.25) is 0 Å². The van der Waals surface area contributed by atoms with E-state index in [1.807, 2.05) is 0 Å². The Morgan fingerprint density at radius 2 is 2.86 bits per heavy atom. The summed E-state index contributed by atoms with van der Waals surface area (Å²) in [6, 6.07) is 0. The predicted molar refractivity (Wildman–Crippen MR) is 29.1 cm³/mol. The Morgan fingerprint density at radius 3 is 3.14 bits per heavy atom. The van der Waals surface area contributed by atoms with E-state index >= 15 is 0 Å². The first-order chi connectivity index (χ1) is 3.43. The molecule has 0 aromatic heterocycles. The van der Waals surface area contributed by atoms with Gasteiger partial charge in [-0.3, -0.25) is 0 Å². The van der Waals surface area contributed by atoms with Crippen molar-refractivity contribution in [3.05, 3.63) is 17.7 Å². The van der Waals surface area contributed by atoms with E-state index in [9.17, 15) is 0 Å². The minimum absolute atomic E-state index is 0.861. The Labute approximate surface area is 47.1 Å². The molecule has 2 nitrogen and oxygen atoms in total. The van der Waals surface area contributed by atoms with Crippen molar-refractivity contribution in [1.82, 2.24) is 4.72 Å². The van der Waals surface area contributed by atoms with Crippen molar-refractivity contribution < 1.29 is 4.74 Å². The Bertz CT molecular complexity index is 91.7. The molecule has 0 fully saturated rings. The second-order valence-electron chi connectivity index (χ2n) is 1.02. The van der Waals surface area contributed by atoms with E-state index < -0.39 is 0 Å². The zero-order valence-corrected chi connectivity index (χ0v) is 4.71. The number of ether oxygens (including phenoxy) is 1. The highest BCUT2D eigenvalue weighted by Gasteiger charge is 2.02. The quantitative estimate of drug-likeness (QED) is 0.510. The average molecular weight is 115 g/mol. The van der Waals surface area contributed by atoms with Crippen molar-refractivity contribution >= 4 is 11.9 Å². The molecule has 0 saturated carbocycles. The van der Waals surface area contributed by atoms with Crippen molar-refractivity contribution in [2.45, 2.75) is 0 Å². The summed E-state index contributed by atoms with van der Waals surface area (Å²) in [6.45, 7) is 2.75. The second-order valence-corrected chi connectivity index (χ2v) is 1.83. The predicted octanol–water partition coefficient (Wildman–Crippen LogP) is 0.764. The molecule has 38 valence electrons. The van der Waals surface area contributed by atoms with E-state index in [2.05, 4.69) is 11.3 Å². The lowest BCUT2D eigenvalue weighted by atomic mass is 10.6. The summed E-state index contributed by atoms with van der Waals surface area (Å²) in [7, 11) is 1.63. The molecule has 1 heterocycles. The van der Waals surface area contributed by atoms with E-state index in [0.717, 1.165) is 5.09 Å². The van der Waals surface area contributed by atoms with Gasteiger partial charge in [0.1, 0.15) is 6.54 Å². The van der Waals surface area contributed by atoms with Crippen LogP contribution in [0.5, 0.6) is 0 Å². The van der Waals surface area contributed by atoms with Crippen molar-refractivity contribution in [3.63, 3.8) is 0 Å². The van der Waals surface area contributed by atoms with E-state index in [0.29, 0.717) is 0 Å². The van der Waals surface area contributed by atoms with Crippen LogP contribution in [0.4, 0.5) is 0 Å². The molecule has 1 rings (SSSR count). The SMILES string of the molecule is COC1=C[C]NS1. The largest absolute Gasteiger partial charge is 0.489 e. The van der Waals surface area contributed by atoms with Crippen molar-refractivity contribution in [2.75, 3.05) is 7.11 Å². The van der Waals surface area contributed by atoms with Crippen LogP contribution in [-0.4, -0.2) is 7.11 Å². The lowest BCUT2D eigenvalue weighted by Crippen LogP contribution is -1.86. The van der Waals surface area contributed by atoms with Crippen LogP contribution < -0.4 is 4.72 Å². The molecule has 0 bridgehead atoms. The molecule has 2 radical (unpaired) electrons. The topological polar surface area (TPSA) is 21.3 Å². The summed E-state index contributed by atoms with van der Waals surface area (Å²) in [4.78, 5) is 0. The summed E-state index contributed by atoms with van der Waals surface area (Å²) in [5.74, 6) is 0. The summed E-state index contributed by atoms with van der Waals surface area (Å²) in [5.41, 5.74) is 0. The van der Waals surface area contributed by atoms with Gasteiger partial charge >= 0.3 is 0 Å². The molecule has 0 spiro atoms. The number of nitrogens with one attached hydrogen (secondary N) is 1. The van der Waals surface area contributed by atoms with Gasteiger partial charge in [-0.15, -0.1) is 0 Å². The Morgan fingerprint density at radius 1 is 2.00 bits per heavy atom. The minimum Gasteiger partial charge on any atom is -0.489 e. The van der Waals surface area contributed by atoms with Gasteiger partial charge in [-0.2, -0.15) is 0 Å². The monoisotopic (exact) mass is 115 g/mol. The van der Waals surface area contributed by atoms with Crippen LogP contribution in [-0.2, 0) is 4.74 Å². The first-order valence-corrected chi connectivity index (χ1v) is 2.66. The smallest absolute Gasteiger partial charge is 0.165 e. The Kier molecular flexibility index (Phi) is 1.59.